The molecule has 0 spiro atoms. The number of guanidine groups is 1. The van der Waals surface area contributed by atoms with E-state index in [2.05, 4.69) is 30.6 Å². The lowest BCUT2D eigenvalue weighted by molar-refractivity contribution is -0.141. The van der Waals surface area contributed by atoms with E-state index in [-0.39, 0.29) is 36.4 Å². The molecular formula is C18H15F6N7O. The molecule has 1 saturated heterocycles. The Morgan fingerprint density at radius 1 is 1.06 bits per heavy atom. The number of nitrogens with zero attached hydrogens (tertiary/aromatic N) is 4. The first-order valence-corrected chi connectivity index (χ1v) is 9.11. The molecule has 1 fully saturated rings. The average Bonchev–Trinajstić information content (AvgIpc) is 2.65. The number of halogens is 6. The highest BCUT2D eigenvalue weighted by Gasteiger charge is 2.43. The molecular weight excluding hydrogens is 444 g/mol. The predicted octanol–water partition coefficient (Wildman–Crippen LogP) is 2.59. The van der Waals surface area contributed by atoms with Crippen molar-refractivity contribution >= 4 is 17.5 Å². The summed E-state index contributed by atoms with van der Waals surface area (Å²) in [7, 11) is 0. The molecule has 170 valence electrons. The summed E-state index contributed by atoms with van der Waals surface area (Å²) in [5, 5.41) is 5.26. The summed E-state index contributed by atoms with van der Waals surface area (Å²) >= 11 is 0. The highest BCUT2D eigenvalue weighted by molar-refractivity contribution is 6.13. The van der Waals surface area contributed by atoms with Gasteiger partial charge in [0.05, 0.1) is 36.6 Å². The van der Waals surface area contributed by atoms with E-state index in [0.717, 1.165) is 24.4 Å². The number of nitrogens with one attached hydrogen (secondary N) is 2. The lowest BCUT2D eigenvalue weighted by atomic mass is 9.99. The van der Waals surface area contributed by atoms with E-state index in [1.165, 1.54) is 6.07 Å². The van der Waals surface area contributed by atoms with Crippen molar-refractivity contribution in [3.05, 3.63) is 53.6 Å². The SMILES string of the molecule is NC1(C2COC2)N=C(Nc2cncc(C(F)(F)F)c2)NC(c2cccc(C(F)(F)F)n2)=N1. The van der Waals surface area contributed by atoms with Crippen LogP contribution in [0.5, 0.6) is 0 Å². The van der Waals surface area contributed by atoms with E-state index in [9.17, 15) is 26.3 Å². The molecule has 0 aromatic carbocycles. The zero-order valence-electron chi connectivity index (χ0n) is 16.0. The highest BCUT2D eigenvalue weighted by atomic mass is 19.4. The van der Waals surface area contributed by atoms with Crippen LogP contribution in [0.3, 0.4) is 0 Å². The number of aliphatic imine (C=N–C) groups is 2. The number of pyridine rings is 2. The van der Waals surface area contributed by atoms with Gasteiger partial charge in [0, 0.05) is 6.20 Å². The zero-order chi connectivity index (χ0) is 23.1. The largest absolute Gasteiger partial charge is 0.433 e. The minimum atomic E-state index is -4.69. The number of hydrogen-bond donors (Lipinski definition) is 3. The Morgan fingerprint density at radius 2 is 1.81 bits per heavy atom. The van der Waals surface area contributed by atoms with Crippen LogP contribution in [-0.4, -0.2) is 40.8 Å². The fraction of sp³-hybridized carbons (Fsp3) is 0.333. The van der Waals surface area contributed by atoms with Gasteiger partial charge in [-0.05, 0) is 18.2 Å². The summed E-state index contributed by atoms with van der Waals surface area (Å²) in [6.45, 7) is 0.399. The first-order chi connectivity index (χ1) is 14.9. The summed E-state index contributed by atoms with van der Waals surface area (Å²) in [5.41, 5.74) is 3.88. The van der Waals surface area contributed by atoms with Crippen molar-refractivity contribution in [3.8, 4) is 0 Å². The van der Waals surface area contributed by atoms with Crippen LogP contribution < -0.4 is 16.4 Å². The van der Waals surface area contributed by atoms with Crippen LogP contribution in [0.2, 0.25) is 0 Å². The van der Waals surface area contributed by atoms with Gasteiger partial charge in [0.2, 0.25) is 11.7 Å². The number of ether oxygens (including phenoxy) is 1. The smallest absolute Gasteiger partial charge is 0.380 e. The standard InChI is InChI=1S/C18H15F6N7O/c19-16(20,21)9-4-11(6-26-5-9)27-15-29-14(30-18(25,31-15)10-7-32-8-10)12-2-1-3-13(28-12)17(22,23)24/h1-6,10H,7-8,25H2,(H2,27,29,30,31). The number of anilines is 1. The Hall–Kier alpha value is -3.26. The average molecular weight is 459 g/mol. The molecule has 2 aliphatic heterocycles. The summed E-state index contributed by atoms with van der Waals surface area (Å²) < 4.78 is 83.3. The normalized spacial score (nSPS) is 21.8. The maximum Gasteiger partial charge on any atom is 0.433 e. The second-order valence-electron chi connectivity index (χ2n) is 7.05. The Kier molecular flexibility index (Phi) is 5.29. The zero-order valence-corrected chi connectivity index (χ0v) is 16.0. The van der Waals surface area contributed by atoms with Crippen LogP contribution in [0.15, 0.2) is 46.6 Å². The number of hydrogen-bond acceptors (Lipinski definition) is 8. The Labute approximate surface area is 176 Å². The molecule has 1 atom stereocenters. The van der Waals surface area contributed by atoms with E-state index in [1.807, 2.05) is 0 Å². The molecule has 4 heterocycles. The quantitative estimate of drug-likeness (QED) is 0.609. The Balaban J connectivity index is 1.68. The number of nitrogens with two attached hydrogens (primary N) is 1. The maximum atomic E-state index is 13.1. The molecule has 14 heteroatoms. The van der Waals surface area contributed by atoms with Crippen LogP contribution in [0, 0.1) is 5.92 Å². The van der Waals surface area contributed by atoms with Crippen LogP contribution in [-0.2, 0) is 17.1 Å². The van der Waals surface area contributed by atoms with Gasteiger partial charge in [-0.1, -0.05) is 6.07 Å². The second kappa shape index (κ2) is 7.70. The van der Waals surface area contributed by atoms with Crippen molar-refractivity contribution in [2.75, 3.05) is 18.5 Å². The molecule has 2 aromatic heterocycles. The van der Waals surface area contributed by atoms with E-state index in [4.69, 9.17) is 10.5 Å². The van der Waals surface area contributed by atoms with Gasteiger partial charge in [-0.25, -0.2) is 15.0 Å². The third-order valence-electron chi connectivity index (χ3n) is 4.67. The van der Waals surface area contributed by atoms with Gasteiger partial charge < -0.3 is 15.4 Å². The first-order valence-electron chi connectivity index (χ1n) is 9.11. The highest BCUT2D eigenvalue weighted by Crippen LogP contribution is 2.31. The lowest BCUT2D eigenvalue weighted by Gasteiger charge is -2.39. The Bertz CT molecular complexity index is 1080. The molecule has 32 heavy (non-hydrogen) atoms. The molecule has 4 rings (SSSR count). The van der Waals surface area contributed by atoms with Crippen LogP contribution in [0.4, 0.5) is 32.0 Å². The second-order valence-corrected chi connectivity index (χ2v) is 7.05. The fourth-order valence-corrected chi connectivity index (χ4v) is 2.92. The van der Waals surface area contributed by atoms with Crippen molar-refractivity contribution in [3.63, 3.8) is 0 Å². The number of amidine groups is 1. The van der Waals surface area contributed by atoms with E-state index >= 15 is 0 Å². The summed E-state index contributed by atoms with van der Waals surface area (Å²) in [5.74, 6) is -2.30. The monoisotopic (exact) mass is 459 g/mol. The maximum absolute atomic E-state index is 13.1. The first kappa shape index (κ1) is 22.0. The van der Waals surface area contributed by atoms with E-state index in [0.29, 0.717) is 6.20 Å². The van der Waals surface area contributed by atoms with Crippen molar-refractivity contribution in [2.24, 2.45) is 21.6 Å². The van der Waals surface area contributed by atoms with Gasteiger partial charge in [-0.15, -0.1) is 0 Å². The van der Waals surface area contributed by atoms with Crippen molar-refractivity contribution < 1.29 is 31.1 Å². The Morgan fingerprint density at radius 3 is 2.44 bits per heavy atom. The van der Waals surface area contributed by atoms with E-state index < -0.39 is 35.3 Å². The molecule has 0 aliphatic carbocycles. The van der Waals surface area contributed by atoms with Gasteiger partial charge >= 0.3 is 12.4 Å². The third-order valence-corrected chi connectivity index (χ3v) is 4.67. The van der Waals surface area contributed by atoms with Crippen molar-refractivity contribution in [2.45, 2.75) is 18.1 Å². The van der Waals surface area contributed by atoms with E-state index in [1.54, 1.807) is 0 Å². The van der Waals surface area contributed by atoms with Gasteiger partial charge in [-0.3, -0.25) is 10.7 Å². The van der Waals surface area contributed by atoms with Crippen molar-refractivity contribution in [1.82, 2.24) is 15.3 Å². The molecule has 2 aliphatic rings. The molecule has 0 bridgehead atoms. The van der Waals surface area contributed by atoms with Crippen LogP contribution in [0.25, 0.3) is 0 Å². The number of rotatable bonds is 3. The van der Waals surface area contributed by atoms with Gasteiger partial charge in [-0.2, -0.15) is 26.3 Å². The number of aromatic nitrogens is 2. The van der Waals surface area contributed by atoms with Crippen LogP contribution in [0.1, 0.15) is 17.0 Å². The summed E-state index contributed by atoms with van der Waals surface area (Å²) in [6, 6.07) is 4.03. The molecule has 1 unspecified atom stereocenters. The number of alkyl halides is 6. The molecule has 2 aromatic rings. The van der Waals surface area contributed by atoms with Gasteiger partial charge in [0.25, 0.3) is 0 Å². The van der Waals surface area contributed by atoms with Crippen LogP contribution >= 0.6 is 0 Å². The topological polar surface area (TPSA) is 110 Å². The predicted molar refractivity (Wildman–Crippen MR) is 100 cm³/mol. The summed E-state index contributed by atoms with van der Waals surface area (Å²) in [4.78, 5) is 15.6. The fourth-order valence-electron chi connectivity index (χ4n) is 2.92. The molecule has 8 nitrogen and oxygen atoms in total. The minimum absolute atomic E-state index is 0.0727. The molecule has 0 amide bonds. The van der Waals surface area contributed by atoms with Gasteiger partial charge in [0.15, 0.2) is 5.84 Å². The van der Waals surface area contributed by atoms with Gasteiger partial charge in [0.1, 0.15) is 11.4 Å². The molecule has 4 N–H and O–H groups in total. The lowest BCUT2D eigenvalue weighted by Crippen LogP contribution is -2.58. The summed E-state index contributed by atoms with van der Waals surface area (Å²) in [6.07, 6.45) is -7.54. The third kappa shape index (κ3) is 4.50. The molecule has 0 saturated carbocycles. The van der Waals surface area contributed by atoms with Crippen molar-refractivity contribution in [1.29, 1.82) is 0 Å². The minimum Gasteiger partial charge on any atom is -0.380 e. The molecule has 0 radical (unpaired) electrons.